The SMILES string of the molecule is C(#Cc1ccnc2[nH]c3ccccc3c12)CN1CCNCC1. The Bertz CT molecular complexity index is 863. The van der Waals surface area contributed by atoms with Gasteiger partial charge in [-0.2, -0.15) is 0 Å². The van der Waals surface area contributed by atoms with Gasteiger partial charge in [0, 0.05) is 54.2 Å². The van der Waals surface area contributed by atoms with Crippen LogP contribution in [0, 0.1) is 11.8 Å². The van der Waals surface area contributed by atoms with Crippen LogP contribution in [0.2, 0.25) is 0 Å². The number of pyridine rings is 1. The highest BCUT2D eigenvalue weighted by molar-refractivity contribution is 6.08. The van der Waals surface area contributed by atoms with Crippen molar-refractivity contribution < 1.29 is 0 Å². The summed E-state index contributed by atoms with van der Waals surface area (Å²) in [6, 6.07) is 10.3. The van der Waals surface area contributed by atoms with Gasteiger partial charge in [-0.05, 0) is 12.1 Å². The van der Waals surface area contributed by atoms with Gasteiger partial charge in [0.2, 0.25) is 0 Å². The van der Waals surface area contributed by atoms with Crippen molar-refractivity contribution in [2.24, 2.45) is 0 Å². The Morgan fingerprint density at radius 2 is 2.00 bits per heavy atom. The predicted octanol–water partition coefficient (Wildman–Crippen LogP) is 1.97. The number of hydrogen-bond acceptors (Lipinski definition) is 3. The van der Waals surface area contributed by atoms with Crippen molar-refractivity contribution in [1.29, 1.82) is 0 Å². The van der Waals surface area contributed by atoms with E-state index in [-0.39, 0.29) is 0 Å². The summed E-state index contributed by atoms with van der Waals surface area (Å²) in [5.41, 5.74) is 3.08. The molecule has 110 valence electrons. The van der Waals surface area contributed by atoms with Crippen LogP contribution in [-0.2, 0) is 0 Å². The number of nitrogens with one attached hydrogen (secondary N) is 2. The molecule has 1 aliphatic rings. The Labute approximate surface area is 129 Å². The molecule has 4 heteroatoms. The van der Waals surface area contributed by atoms with Gasteiger partial charge in [0.1, 0.15) is 5.65 Å². The van der Waals surface area contributed by atoms with Gasteiger partial charge in [-0.3, -0.25) is 4.90 Å². The molecule has 0 saturated carbocycles. The molecule has 0 aliphatic carbocycles. The van der Waals surface area contributed by atoms with Gasteiger partial charge >= 0.3 is 0 Å². The molecule has 3 aromatic rings. The van der Waals surface area contributed by atoms with Crippen molar-refractivity contribution in [3.63, 3.8) is 0 Å². The largest absolute Gasteiger partial charge is 0.339 e. The Morgan fingerprint density at radius 1 is 1.14 bits per heavy atom. The second-order valence-electron chi connectivity index (χ2n) is 5.58. The summed E-state index contributed by atoms with van der Waals surface area (Å²) in [5, 5.41) is 5.68. The smallest absolute Gasteiger partial charge is 0.139 e. The molecule has 0 atom stereocenters. The van der Waals surface area contributed by atoms with E-state index in [1.54, 1.807) is 0 Å². The summed E-state index contributed by atoms with van der Waals surface area (Å²) < 4.78 is 0. The second-order valence-corrected chi connectivity index (χ2v) is 5.58. The quantitative estimate of drug-likeness (QED) is 0.674. The van der Waals surface area contributed by atoms with Crippen molar-refractivity contribution in [2.75, 3.05) is 32.7 Å². The first-order chi connectivity index (χ1) is 10.9. The highest BCUT2D eigenvalue weighted by Gasteiger charge is 2.09. The molecule has 1 fully saturated rings. The van der Waals surface area contributed by atoms with Gasteiger partial charge in [0.15, 0.2) is 0 Å². The topological polar surface area (TPSA) is 44.0 Å². The molecular weight excluding hydrogens is 272 g/mol. The van der Waals surface area contributed by atoms with Crippen molar-refractivity contribution in [2.45, 2.75) is 0 Å². The molecule has 0 amide bonds. The van der Waals surface area contributed by atoms with Gasteiger partial charge in [-0.25, -0.2) is 4.98 Å². The summed E-state index contributed by atoms with van der Waals surface area (Å²) in [6.07, 6.45) is 1.83. The Hall–Kier alpha value is -2.35. The zero-order chi connectivity index (χ0) is 14.8. The molecule has 1 aromatic carbocycles. The molecule has 4 rings (SSSR count). The Balaban J connectivity index is 1.69. The summed E-state index contributed by atoms with van der Waals surface area (Å²) in [6.45, 7) is 5.10. The van der Waals surface area contributed by atoms with Crippen molar-refractivity contribution >= 4 is 21.9 Å². The number of aromatic nitrogens is 2. The molecule has 4 nitrogen and oxygen atoms in total. The molecule has 22 heavy (non-hydrogen) atoms. The third-order valence-corrected chi connectivity index (χ3v) is 4.14. The van der Waals surface area contributed by atoms with Crippen LogP contribution in [0.15, 0.2) is 36.5 Å². The first kappa shape index (κ1) is 13.3. The molecule has 2 aromatic heterocycles. The van der Waals surface area contributed by atoms with Crippen LogP contribution in [0.1, 0.15) is 5.56 Å². The fraction of sp³-hybridized carbons (Fsp3) is 0.278. The van der Waals surface area contributed by atoms with Crippen LogP contribution in [0.25, 0.3) is 21.9 Å². The minimum absolute atomic E-state index is 0.827. The summed E-state index contributed by atoms with van der Waals surface area (Å²) in [7, 11) is 0. The number of H-pyrrole nitrogens is 1. The third-order valence-electron chi connectivity index (χ3n) is 4.14. The van der Waals surface area contributed by atoms with E-state index in [0.717, 1.165) is 54.8 Å². The lowest BCUT2D eigenvalue weighted by molar-refractivity contribution is 0.268. The molecule has 3 heterocycles. The second kappa shape index (κ2) is 5.80. The van der Waals surface area contributed by atoms with E-state index in [2.05, 4.69) is 50.2 Å². The monoisotopic (exact) mass is 290 g/mol. The van der Waals surface area contributed by atoms with E-state index >= 15 is 0 Å². The van der Waals surface area contributed by atoms with E-state index in [1.807, 2.05) is 18.3 Å². The highest BCUT2D eigenvalue weighted by atomic mass is 15.2. The molecule has 2 N–H and O–H groups in total. The standard InChI is InChI=1S/C18H18N4/c1-2-6-16-15(5-1)17-14(7-8-20-18(17)21-16)4-3-11-22-12-9-19-10-13-22/h1-2,5-8,19H,9-13H2,(H,20,21). The van der Waals surface area contributed by atoms with Crippen LogP contribution in [0.3, 0.4) is 0 Å². The zero-order valence-electron chi connectivity index (χ0n) is 12.4. The molecule has 0 bridgehead atoms. The maximum absolute atomic E-state index is 4.43. The van der Waals surface area contributed by atoms with Crippen LogP contribution < -0.4 is 5.32 Å². The lowest BCUT2D eigenvalue weighted by atomic mass is 10.1. The van der Waals surface area contributed by atoms with E-state index < -0.39 is 0 Å². The normalized spacial score (nSPS) is 15.8. The van der Waals surface area contributed by atoms with Crippen LogP contribution in [0.4, 0.5) is 0 Å². The molecular formula is C18H18N4. The number of aromatic amines is 1. The van der Waals surface area contributed by atoms with Crippen molar-refractivity contribution in [3.8, 4) is 11.8 Å². The highest BCUT2D eigenvalue weighted by Crippen LogP contribution is 2.26. The van der Waals surface area contributed by atoms with Crippen LogP contribution >= 0.6 is 0 Å². The zero-order valence-corrected chi connectivity index (χ0v) is 12.4. The van der Waals surface area contributed by atoms with Gasteiger partial charge in [-0.15, -0.1) is 0 Å². The number of nitrogens with zero attached hydrogens (tertiary/aromatic N) is 2. The minimum atomic E-state index is 0.827. The first-order valence-electron chi connectivity index (χ1n) is 7.69. The fourth-order valence-electron chi connectivity index (χ4n) is 2.99. The Morgan fingerprint density at radius 3 is 2.91 bits per heavy atom. The number of fused-ring (bicyclic) bond motifs is 3. The average molecular weight is 290 g/mol. The summed E-state index contributed by atoms with van der Waals surface area (Å²) in [4.78, 5) is 10.2. The minimum Gasteiger partial charge on any atom is -0.339 e. The number of hydrogen-bond donors (Lipinski definition) is 2. The van der Waals surface area contributed by atoms with E-state index in [4.69, 9.17) is 0 Å². The summed E-state index contributed by atoms with van der Waals surface area (Å²) in [5.74, 6) is 6.67. The number of para-hydroxylation sites is 1. The van der Waals surface area contributed by atoms with Crippen molar-refractivity contribution in [3.05, 3.63) is 42.1 Å². The van der Waals surface area contributed by atoms with Crippen LogP contribution in [0.5, 0.6) is 0 Å². The Kier molecular flexibility index (Phi) is 3.51. The number of benzene rings is 1. The summed E-state index contributed by atoms with van der Waals surface area (Å²) >= 11 is 0. The lowest BCUT2D eigenvalue weighted by Gasteiger charge is -2.24. The number of piperazine rings is 1. The molecule has 0 unspecified atom stereocenters. The predicted molar refractivity (Wildman–Crippen MR) is 89.8 cm³/mol. The fourth-order valence-corrected chi connectivity index (χ4v) is 2.99. The van der Waals surface area contributed by atoms with Gasteiger partial charge in [0.05, 0.1) is 6.54 Å². The molecule has 0 spiro atoms. The van der Waals surface area contributed by atoms with E-state index in [0.29, 0.717) is 0 Å². The van der Waals surface area contributed by atoms with Gasteiger partial charge in [0.25, 0.3) is 0 Å². The molecule has 0 radical (unpaired) electrons. The molecule has 1 saturated heterocycles. The number of rotatable bonds is 1. The molecule has 1 aliphatic heterocycles. The average Bonchev–Trinajstić information content (AvgIpc) is 2.95. The van der Waals surface area contributed by atoms with Gasteiger partial charge < -0.3 is 10.3 Å². The van der Waals surface area contributed by atoms with Crippen LogP contribution in [-0.4, -0.2) is 47.6 Å². The van der Waals surface area contributed by atoms with E-state index in [9.17, 15) is 0 Å². The van der Waals surface area contributed by atoms with E-state index in [1.165, 1.54) is 5.39 Å². The van der Waals surface area contributed by atoms with Gasteiger partial charge in [-0.1, -0.05) is 30.0 Å². The maximum atomic E-state index is 4.43. The lowest BCUT2D eigenvalue weighted by Crippen LogP contribution is -2.43. The van der Waals surface area contributed by atoms with Crippen molar-refractivity contribution in [1.82, 2.24) is 20.2 Å². The maximum Gasteiger partial charge on any atom is 0.139 e. The first-order valence-corrected chi connectivity index (χ1v) is 7.69. The third kappa shape index (κ3) is 2.45.